The van der Waals surface area contributed by atoms with E-state index in [9.17, 15) is 9.59 Å². The van der Waals surface area contributed by atoms with E-state index in [1.165, 1.54) is 7.11 Å². The van der Waals surface area contributed by atoms with E-state index < -0.39 is 0 Å². The van der Waals surface area contributed by atoms with Crippen LogP contribution >= 0.6 is 24.0 Å². The molecular weight excluding hydrogens is 329 g/mol. The molecule has 0 aromatic heterocycles. The Labute approximate surface area is 141 Å². The van der Waals surface area contributed by atoms with Gasteiger partial charge in [-0.3, -0.25) is 9.59 Å². The van der Waals surface area contributed by atoms with Crippen molar-refractivity contribution in [3.05, 3.63) is 23.2 Å². The Balaban J connectivity index is 0.00000441. The molecule has 0 aliphatic carbocycles. The Bertz CT molecular complexity index is 510. The normalized spacial score (nSPS) is 11.1. The molecule has 0 heterocycles. The lowest BCUT2D eigenvalue weighted by atomic mass is 10.2. The fourth-order valence-corrected chi connectivity index (χ4v) is 1.84. The number of halogens is 2. The lowest BCUT2D eigenvalue weighted by Gasteiger charge is -2.11. The van der Waals surface area contributed by atoms with Gasteiger partial charge < -0.3 is 21.1 Å². The van der Waals surface area contributed by atoms with Crippen LogP contribution in [0.3, 0.4) is 0 Å². The van der Waals surface area contributed by atoms with Gasteiger partial charge in [0.15, 0.2) is 0 Å². The van der Waals surface area contributed by atoms with Crippen molar-refractivity contribution in [3.8, 4) is 5.75 Å². The molecule has 4 N–H and O–H groups in total. The smallest absolute Gasteiger partial charge is 0.226 e. The first-order valence-electron chi connectivity index (χ1n) is 6.58. The summed E-state index contributed by atoms with van der Waals surface area (Å²) in [4.78, 5) is 23.2. The molecule has 0 spiro atoms. The Hall–Kier alpha value is -1.50. The van der Waals surface area contributed by atoms with Gasteiger partial charge in [-0.15, -0.1) is 12.4 Å². The number of hydrogen-bond donors (Lipinski definition) is 3. The van der Waals surface area contributed by atoms with E-state index in [0.29, 0.717) is 16.5 Å². The highest BCUT2D eigenvalue weighted by atomic mass is 35.5. The molecule has 124 valence electrons. The lowest BCUT2D eigenvalue weighted by Crippen LogP contribution is -2.32. The molecular formula is C14H21Cl2N3O3. The maximum atomic E-state index is 11.8. The van der Waals surface area contributed by atoms with Crippen LogP contribution in [0, 0.1) is 0 Å². The molecule has 1 aromatic carbocycles. The first-order chi connectivity index (χ1) is 9.92. The largest absolute Gasteiger partial charge is 0.495 e. The molecule has 0 fully saturated rings. The maximum absolute atomic E-state index is 11.8. The molecule has 0 radical (unpaired) electrons. The summed E-state index contributed by atoms with van der Waals surface area (Å²) < 4.78 is 5.13. The number of nitrogens with two attached hydrogens (primary N) is 1. The summed E-state index contributed by atoms with van der Waals surface area (Å²) >= 11 is 5.88. The van der Waals surface area contributed by atoms with Crippen molar-refractivity contribution in [2.24, 2.45) is 5.73 Å². The van der Waals surface area contributed by atoms with E-state index in [1.807, 2.05) is 0 Å². The van der Waals surface area contributed by atoms with Crippen LogP contribution in [0.25, 0.3) is 0 Å². The number of nitrogens with one attached hydrogen (secondary N) is 2. The number of ether oxygens (including phenoxy) is 1. The Morgan fingerprint density at radius 2 is 2.05 bits per heavy atom. The molecule has 0 saturated heterocycles. The number of rotatable bonds is 7. The average Bonchev–Trinajstić information content (AvgIpc) is 2.38. The number of hydrogen-bond acceptors (Lipinski definition) is 4. The average molecular weight is 350 g/mol. The molecule has 0 bridgehead atoms. The van der Waals surface area contributed by atoms with Gasteiger partial charge in [-0.2, -0.15) is 0 Å². The van der Waals surface area contributed by atoms with Gasteiger partial charge in [-0.25, -0.2) is 0 Å². The fourth-order valence-electron chi connectivity index (χ4n) is 1.67. The van der Waals surface area contributed by atoms with Gasteiger partial charge in [0.1, 0.15) is 5.75 Å². The van der Waals surface area contributed by atoms with E-state index >= 15 is 0 Å². The summed E-state index contributed by atoms with van der Waals surface area (Å²) in [6.45, 7) is 2.00. The zero-order chi connectivity index (χ0) is 15.8. The maximum Gasteiger partial charge on any atom is 0.226 e. The van der Waals surface area contributed by atoms with Crippen molar-refractivity contribution in [2.75, 3.05) is 19.0 Å². The van der Waals surface area contributed by atoms with Crippen molar-refractivity contribution in [3.63, 3.8) is 0 Å². The van der Waals surface area contributed by atoms with Crippen LogP contribution < -0.4 is 21.1 Å². The molecule has 0 aliphatic rings. The first kappa shape index (κ1) is 20.5. The first-order valence-corrected chi connectivity index (χ1v) is 6.96. The second-order valence-electron chi connectivity index (χ2n) is 4.67. The second kappa shape index (κ2) is 10.3. The molecule has 1 aromatic rings. The highest BCUT2D eigenvalue weighted by Gasteiger charge is 2.09. The third-order valence-electron chi connectivity index (χ3n) is 2.62. The molecule has 2 amide bonds. The predicted molar refractivity (Wildman–Crippen MR) is 89.8 cm³/mol. The highest BCUT2D eigenvalue weighted by Crippen LogP contribution is 2.27. The molecule has 8 heteroatoms. The van der Waals surface area contributed by atoms with E-state index in [-0.39, 0.29) is 49.6 Å². The van der Waals surface area contributed by atoms with Crippen LogP contribution in [-0.2, 0) is 9.59 Å². The van der Waals surface area contributed by atoms with Gasteiger partial charge in [-0.1, -0.05) is 11.6 Å². The van der Waals surface area contributed by atoms with Gasteiger partial charge in [0.05, 0.1) is 12.8 Å². The fraction of sp³-hybridized carbons (Fsp3) is 0.429. The Morgan fingerprint density at radius 1 is 1.36 bits per heavy atom. The van der Waals surface area contributed by atoms with Crippen LogP contribution in [0.5, 0.6) is 5.75 Å². The summed E-state index contributed by atoms with van der Waals surface area (Å²) in [5.41, 5.74) is 6.00. The Morgan fingerprint density at radius 3 is 2.64 bits per heavy atom. The number of anilines is 1. The van der Waals surface area contributed by atoms with Crippen molar-refractivity contribution in [2.45, 2.75) is 25.8 Å². The van der Waals surface area contributed by atoms with Crippen molar-refractivity contribution in [1.29, 1.82) is 0 Å². The molecule has 6 nitrogen and oxygen atoms in total. The van der Waals surface area contributed by atoms with Gasteiger partial charge >= 0.3 is 0 Å². The number of carbonyl (C=O) groups excluding carboxylic acids is 2. The molecule has 1 unspecified atom stereocenters. The van der Waals surface area contributed by atoms with Crippen LogP contribution in [0.15, 0.2) is 18.2 Å². The monoisotopic (exact) mass is 349 g/mol. The van der Waals surface area contributed by atoms with Gasteiger partial charge in [0.25, 0.3) is 0 Å². The minimum absolute atomic E-state index is 0. The third-order valence-corrected chi connectivity index (χ3v) is 2.85. The quantitative estimate of drug-likeness (QED) is 0.701. The topological polar surface area (TPSA) is 93.5 Å². The van der Waals surface area contributed by atoms with Crippen LogP contribution in [-0.4, -0.2) is 31.5 Å². The van der Waals surface area contributed by atoms with E-state index in [4.69, 9.17) is 22.1 Å². The molecule has 1 rings (SSSR count). The van der Waals surface area contributed by atoms with E-state index in [0.717, 1.165) is 0 Å². The number of carbonyl (C=O) groups is 2. The summed E-state index contributed by atoms with van der Waals surface area (Å²) in [7, 11) is 1.51. The van der Waals surface area contributed by atoms with Gasteiger partial charge in [0.2, 0.25) is 11.8 Å². The molecule has 22 heavy (non-hydrogen) atoms. The van der Waals surface area contributed by atoms with Crippen molar-refractivity contribution >= 4 is 41.5 Å². The van der Waals surface area contributed by atoms with Gasteiger partial charge in [0, 0.05) is 30.5 Å². The van der Waals surface area contributed by atoms with Crippen LogP contribution in [0.2, 0.25) is 5.02 Å². The molecule has 0 aliphatic heterocycles. The van der Waals surface area contributed by atoms with Crippen LogP contribution in [0.1, 0.15) is 19.8 Å². The summed E-state index contributed by atoms with van der Waals surface area (Å²) in [6.07, 6.45) is 0.393. The van der Waals surface area contributed by atoms with Crippen molar-refractivity contribution < 1.29 is 14.3 Å². The number of methoxy groups -OCH3 is 1. The van der Waals surface area contributed by atoms with E-state index in [2.05, 4.69) is 10.6 Å². The third kappa shape index (κ3) is 7.49. The van der Waals surface area contributed by atoms with Gasteiger partial charge in [-0.05, 0) is 25.1 Å². The Kier molecular flexibility index (Phi) is 9.56. The zero-order valence-electron chi connectivity index (χ0n) is 12.5. The SMILES string of the molecule is COc1ccc(Cl)cc1NC(=O)CCNC(=O)CC(C)N.Cl. The highest BCUT2D eigenvalue weighted by molar-refractivity contribution is 6.31. The van der Waals surface area contributed by atoms with Crippen LogP contribution in [0.4, 0.5) is 5.69 Å². The van der Waals surface area contributed by atoms with E-state index in [1.54, 1.807) is 25.1 Å². The summed E-state index contributed by atoms with van der Waals surface area (Å²) in [5, 5.41) is 5.82. The number of benzene rings is 1. The second-order valence-corrected chi connectivity index (χ2v) is 5.11. The predicted octanol–water partition coefficient (Wildman–Crippen LogP) is 1.95. The molecule has 1 atom stereocenters. The summed E-state index contributed by atoms with van der Waals surface area (Å²) in [6, 6.07) is 4.74. The minimum Gasteiger partial charge on any atom is -0.495 e. The standard InChI is InChI=1S/C14H20ClN3O3.ClH/c1-9(16)7-14(20)17-6-5-13(19)18-11-8-10(15)3-4-12(11)21-2;/h3-4,8-9H,5-7,16H2,1-2H3,(H,17,20)(H,18,19);1H. The lowest BCUT2D eigenvalue weighted by molar-refractivity contribution is -0.121. The zero-order valence-corrected chi connectivity index (χ0v) is 14.1. The van der Waals surface area contributed by atoms with Crippen molar-refractivity contribution in [1.82, 2.24) is 5.32 Å². The summed E-state index contributed by atoms with van der Waals surface area (Å²) in [5.74, 6) is 0.114. The minimum atomic E-state index is -0.239. The molecule has 0 saturated carbocycles. The number of amides is 2.